The van der Waals surface area contributed by atoms with Gasteiger partial charge in [0.15, 0.2) is 0 Å². The molecule has 0 heterocycles. The van der Waals surface area contributed by atoms with Gasteiger partial charge in [0.25, 0.3) is 0 Å². The number of rotatable bonds is 7. The number of hydrogen-bond acceptors (Lipinski definition) is 1. The minimum atomic E-state index is -1.01. The molecule has 0 atom stereocenters. The van der Waals surface area contributed by atoms with Crippen LogP contribution in [0.1, 0.15) is 63.9 Å². The summed E-state index contributed by atoms with van der Waals surface area (Å²) in [5, 5.41) is 9.99. The van der Waals surface area contributed by atoms with Crippen molar-refractivity contribution in [3.05, 3.63) is 59.7 Å². The van der Waals surface area contributed by atoms with Crippen LogP contribution in [0.15, 0.2) is 42.5 Å². The van der Waals surface area contributed by atoms with Crippen LogP contribution in [-0.4, -0.2) is 11.1 Å². The van der Waals surface area contributed by atoms with E-state index in [1.54, 1.807) is 12.1 Å². The SMILES string of the molecule is CCCCCC1CCC(C(=O)O)(c2ccc(-c3ccc(F)cc3)c(F)c2)CC1. The molecule has 1 saturated carbocycles. The highest BCUT2D eigenvalue weighted by Crippen LogP contribution is 2.44. The zero-order valence-electron chi connectivity index (χ0n) is 16.4. The maximum atomic E-state index is 14.8. The summed E-state index contributed by atoms with van der Waals surface area (Å²) < 4.78 is 27.9. The second kappa shape index (κ2) is 8.85. The minimum Gasteiger partial charge on any atom is -0.481 e. The molecule has 3 rings (SSSR count). The Balaban J connectivity index is 1.81. The first kappa shape index (κ1) is 20.5. The van der Waals surface area contributed by atoms with Crippen molar-refractivity contribution in [3.63, 3.8) is 0 Å². The Kier molecular flexibility index (Phi) is 6.48. The van der Waals surface area contributed by atoms with E-state index in [4.69, 9.17) is 0 Å². The molecule has 0 saturated heterocycles. The third-order valence-electron chi connectivity index (χ3n) is 6.26. The molecule has 2 aromatic carbocycles. The Hall–Kier alpha value is -2.23. The Labute approximate surface area is 165 Å². The van der Waals surface area contributed by atoms with Crippen molar-refractivity contribution in [2.75, 3.05) is 0 Å². The highest BCUT2D eigenvalue weighted by molar-refractivity contribution is 5.82. The number of benzene rings is 2. The molecule has 0 amide bonds. The van der Waals surface area contributed by atoms with Crippen LogP contribution >= 0.6 is 0 Å². The molecule has 0 radical (unpaired) electrons. The molecule has 0 spiro atoms. The van der Waals surface area contributed by atoms with Gasteiger partial charge in [-0.05, 0) is 60.9 Å². The molecule has 0 aliphatic heterocycles. The maximum Gasteiger partial charge on any atom is 0.314 e. The molecule has 2 aromatic rings. The lowest BCUT2D eigenvalue weighted by molar-refractivity contribution is -0.145. The van der Waals surface area contributed by atoms with E-state index >= 15 is 0 Å². The van der Waals surface area contributed by atoms with E-state index in [0.717, 1.165) is 19.3 Å². The third kappa shape index (κ3) is 4.26. The number of carboxylic acid groups (broad SMARTS) is 1. The van der Waals surface area contributed by atoms with Gasteiger partial charge < -0.3 is 5.11 Å². The Morgan fingerprint density at radius 1 is 1.07 bits per heavy atom. The molecule has 0 unspecified atom stereocenters. The molecule has 1 fully saturated rings. The minimum absolute atomic E-state index is 0.359. The van der Waals surface area contributed by atoms with Gasteiger partial charge in [-0.15, -0.1) is 0 Å². The summed E-state index contributed by atoms with van der Waals surface area (Å²) in [5.41, 5.74) is 0.464. The standard InChI is InChI=1S/C24H28F2O2/c1-2-3-4-5-17-12-14-24(15-13-17,23(27)28)19-8-11-21(22(26)16-19)18-6-9-20(25)10-7-18/h6-11,16-17H,2-5,12-15H2,1H3,(H,27,28). The smallest absolute Gasteiger partial charge is 0.314 e. The van der Waals surface area contributed by atoms with E-state index in [-0.39, 0.29) is 5.82 Å². The Morgan fingerprint density at radius 3 is 2.32 bits per heavy atom. The van der Waals surface area contributed by atoms with Crippen LogP contribution in [0, 0.1) is 17.6 Å². The number of halogens is 2. The van der Waals surface area contributed by atoms with Crippen LogP contribution in [0.25, 0.3) is 11.1 Å². The fourth-order valence-corrected chi connectivity index (χ4v) is 4.44. The fraction of sp³-hybridized carbons (Fsp3) is 0.458. The van der Waals surface area contributed by atoms with Crippen molar-refractivity contribution in [2.24, 2.45) is 5.92 Å². The zero-order chi connectivity index (χ0) is 20.1. The molecule has 4 heteroatoms. The lowest BCUT2D eigenvalue weighted by atomic mass is 9.66. The van der Waals surface area contributed by atoms with E-state index in [1.165, 1.54) is 49.6 Å². The summed E-state index contributed by atoms with van der Waals surface area (Å²) in [5.74, 6) is -1.13. The summed E-state index contributed by atoms with van der Waals surface area (Å²) in [6.45, 7) is 2.18. The lowest BCUT2D eigenvalue weighted by Gasteiger charge is -2.37. The van der Waals surface area contributed by atoms with E-state index in [0.29, 0.717) is 35.4 Å². The number of hydrogen-bond donors (Lipinski definition) is 1. The van der Waals surface area contributed by atoms with Crippen LogP contribution in [0.2, 0.25) is 0 Å². The topological polar surface area (TPSA) is 37.3 Å². The second-order valence-corrected chi connectivity index (χ2v) is 8.03. The van der Waals surface area contributed by atoms with Crippen molar-refractivity contribution >= 4 is 5.97 Å². The number of aliphatic carboxylic acids is 1. The average Bonchev–Trinajstić information content (AvgIpc) is 2.69. The summed E-state index contributed by atoms with van der Waals surface area (Å²) in [7, 11) is 0. The molecule has 2 nitrogen and oxygen atoms in total. The monoisotopic (exact) mass is 386 g/mol. The normalized spacial score (nSPS) is 22.2. The number of unbranched alkanes of at least 4 members (excludes halogenated alkanes) is 2. The molecule has 150 valence electrons. The van der Waals surface area contributed by atoms with Gasteiger partial charge in [0.2, 0.25) is 0 Å². The van der Waals surface area contributed by atoms with Gasteiger partial charge in [-0.1, -0.05) is 56.9 Å². The molecule has 1 N–H and O–H groups in total. The van der Waals surface area contributed by atoms with Gasteiger partial charge in [0.05, 0.1) is 5.41 Å². The highest BCUT2D eigenvalue weighted by atomic mass is 19.1. The first-order valence-electron chi connectivity index (χ1n) is 10.3. The van der Waals surface area contributed by atoms with Gasteiger partial charge in [0.1, 0.15) is 11.6 Å². The summed E-state index contributed by atoms with van der Waals surface area (Å²) >= 11 is 0. The predicted octanol–water partition coefficient (Wildman–Crippen LogP) is 6.72. The summed E-state index contributed by atoms with van der Waals surface area (Å²) in [4.78, 5) is 12.2. The van der Waals surface area contributed by atoms with Crippen molar-refractivity contribution in [1.82, 2.24) is 0 Å². The van der Waals surface area contributed by atoms with E-state index in [9.17, 15) is 18.7 Å². The molecule has 0 aromatic heterocycles. The first-order valence-corrected chi connectivity index (χ1v) is 10.3. The van der Waals surface area contributed by atoms with Gasteiger partial charge in [-0.3, -0.25) is 4.79 Å². The largest absolute Gasteiger partial charge is 0.481 e. The van der Waals surface area contributed by atoms with Gasteiger partial charge >= 0.3 is 5.97 Å². The van der Waals surface area contributed by atoms with Crippen LogP contribution < -0.4 is 0 Å². The van der Waals surface area contributed by atoms with Crippen LogP contribution in [0.4, 0.5) is 8.78 Å². The van der Waals surface area contributed by atoms with E-state index in [1.807, 2.05) is 0 Å². The number of carbonyl (C=O) groups is 1. The van der Waals surface area contributed by atoms with Crippen molar-refractivity contribution in [2.45, 2.75) is 63.7 Å². The summed E-state index contributed by atoms with van der Waals surface area (Å²) in [6.07, 6.45) is 7.60. The van der Waals surface area contributed by atoms with Crippen LogP contribution in [-0.2, 0) is 10.2 Å². The highest BCUT2D eigenvalue weighted by Gasteiger charge is 2.43. The van der Waals surface area contributed by atoms with Crippen LogP contribution in [0.3, 0.4) is 0 Å². The molecular formula is C24H28F2O2. The maximum absolute atomic E-state index is 14.8. The Morgan fingerprint density at radius 2 is 1.75 bits per heavy atom. The third-order valence-corrected chi connectivity index (χ3v) is 6.26. The molecule has 1 aliphatic carbocycles. The average molecular weight is 386 g/mol. The van der Waals surface area contributed by atoms with Gasteiger partial charge in [-0.2, -0.15) is 0 Å². The Bertz CT molecular complexity index is 806. The fourth-order valence-electron chi connectivity index (χ4n) is 4.44. The molecular weight excluding hydrogens is 358 g/mol. The zero-order valence-corrected chi connectivity index (χ0v) is 16.4. The first-order chi connectivity index (χ1) is 13.5. The van der Waals surface area contributed by atoms with Crippen LogP contribution in [0.5, 0.6) is 0 Å². The molecule has 1 aliphatic rings. The summed E-state index contributed by atoms with van der Waals surface area (Å²) in [6, 6.07) is 10.4. The second-order valence-electron chi connectivity index (χ2n) is 8.03. The molecule has 0 bridgehead atoms. The van der Waals surface area contributed by atoms with Crippen molar-refractivity contribution in [3.8, 4) is 11.1 Å². The number of carboxylic acids is 1. The van der Waals surface area contributed by atoms with Gasteiger partial charge in [0, 0.05) is 5.56 Å². The van der Waals surface area contributed by atoms with E-state index in [2.05, 4.69) is 6.92 Å². The molecule has 28 heavy (non-hydrogen) atoms. The van der Waals surface area contributed by atoms with Gasteiger partial charge in [-0.25, -0.2) is 8.78 Å². The van der Waals surface area contributed by atoms with Crippen molar-refractivity contribution in [1.29, 1.82) is 0 Å². The lowest BCUT2D eigenvalue weighted by Crippen LogP contribution is -2.39. The van der Waals surface area contributed by atoms with E-state index < -0.39 is 17.2 Å². The van der Waals surface area contributed by atoms with Crippen molar-refractivity contribution < 1.29 is 18.7 Å². The quantitative estimate of drug-likeness (QED) is 0.536. The predicted molar refractivity (Wildman–Crippen MR) is 107 cm³/mol.